The van der Waals surface area contributed by atoms with Crippen LogP contribution >= 0.6 is 11.8 Å². The minimum atomic E-state index is -0.526. The van der Waals surface area contributed by atoms with Crippen LogP contribution in [-0.2, 0) is 6.54 Å². The highest BCUT2D eigenvalue weighted by Crippen LogP contribution is 2.33. The lowest BCUT2D eigenvalue weighted by Gasteiger charge is -2.29. The summed E-state index contributed by atoms with van der Waals surface area (Å²) in [6.45, 7) is 4.85. The van der Waals surface area contributed by atoms with Gasteiger partial charge in [-0.25, -0.2) is 9.78 Å². The van der Waals surface area contributed by atoms with Gasteiger partial charge in [0.25, 0.3) is 0 Å². The summed E-state index contributed by atoms with van der Waals surface area (Å²) >= 11 is 1.55. The first kappa shape index (κ1) is 18.4. The number of hydrogen-bond acceptors (Lipinski definition) is 5. The van der Waals surface area contributed by atoms with Gasteiger partial charge in [-0.3, -0.25) is 5.32 Å². The van der Waals surface area contributed by atoms with Crippen molar-refractivity contribution in [2.24, 2.45) is 0 Å². The zero-order valence-corrected chi connectivity index (χ0v) is 16.2. The second-order valence-corrected chi connectivity index (χ2v) is 7.52. The van der Waals surface area contributed by atoms with Crippen molar-refractivity contribution in [1.82, 2.24) is 9.88 Å². The molecule has 0 fully saturated rings. The Balaban J connectivity index is 1.85. The maximum Gasteiger partial charge on any atom is 0.323 e. The molecule has 1 aromatic heterocycles. The summed E-state index contributed by atoms with van der Waals surface area (Å²) in [7, 11) is 1.62. The van der Waals surface area contributed by atoms with Gasteiger partial charge in [-0.15, -0.1) is 11.8 Å². The molecule has 2 amide bonds. The Bertz CT molecular complexity index is 810. The smallest absolute Gasteiger partial charge is 0.323 e. The molecule has 0 unspecified atom stereocenters. The van der Waals surface area contributed by atoms with Gasteiger partial charge in [0.1, 0.15) is 22.9 Å². The number of hydrogen-bond donors (Lipinski definition) is 1. The number of amides is 2. The molecule has 1 aliphatic rings. The van der Waals surface area contributed by atoms with Crippen molar-refractivity contribution in [3.8, 4) is 11.5 Å². The van der Waals surface area contributed by atoms with Crippen molar-refractivity contribution in [2.75, 3.05) is 25.2 Å². The number of benzene rings is 1. The number of carbonyl (C=O) groups excluding carboxylic acids is 1. The highest BCUT2D eigenvalue weighted by atomic mass is 32.2. The molecule has 0 radical (unpaired) electrons. The summed E-state index contributed by atoms with van der Waals surface area (Å²) in [4.78, 5) is 19.9. The normalized spacial score (nSPS) is 15.5. The molecule has 0 spiro atoms. The van der Waals surface area contributed by atoms with E-state index in [1.165, 1.54) is 0 Å². The van der Waals surface area contributed by atoms with Crippen LogP contribution in [0, 0.1) is 0 Å². The number of anilines is 1. The first-order valence-corrected chi connectivity index (χ1v) is 9.55. The van der Waals surface area contributed by atoms with Crippen LogP contribution in [-0.4, -0.2) is 41.4 Å². The molecule has 26 heavy (non-hydrogen) atoms. The van der Waals surface area contributed by atoms with Gasteiger partial charge in [-0.05, 0) is 44.4 Å². The Hall–Kier alpha value is -2.41. The average molecular weight is 373 g/mol. The van der Waals surface area contributed by atoms with Crippen LogP contribution in [0.3, 0.4) is 0 Å². The second kappa shape index (κ2) is 7.45. The van der Waals surface area contributed by atoms with Gasteiger partial charge < -0.3 is 14.4 Å². The lowest BCUT2D eigenvalue weighted by Crippen LogP contribution is -2.45. The topological polar surface area (TPSA) is 63.7 Å². The minimum Gasteiger partial charge on any atom is -0.497 e. The number of methoxy groups -OCH3 is 1. The van der Waals surface area contributed by atoms with Crippen LogP contribution in [0.2, 0.25) is 0 Å². The molecule has 6 nitrogen and oxygen atoms in total. The number of rotatable bonds is 3. The molecule has 2 heterocycles. The number of pyridine rings is 1. The monoisotopic (exact) mass is 373 g/mol. The lowest BCUT2D eigenvalue weighted by molar-refractivity contribution is 0.0832. The molecule has 0 saturated carbocycles. The highest BCUT2D eigenvalue weighted by molar-refractivity contribution is 7.98. The maximum absolute atomic E-state index is 12.9. The number of nitrogens with one attached hydrogen (secondary N) is 1. The predicted octanol–water partition coefficient (Wildman–Crippen LogP) is 4.02. The van der Waals surface area contributed by atoms with Crippen molar-refractivity contribution in [3.05, 3.63) is 42.1 Å². The standard InChI is InChI=1S/C19H23N3O3S/c1-19(2)12-22(11-13-7-8-14(24-3)10-15(13)25-19)18(23)21-17-16(26-4)6-5-9-20-17/h5-10H,11-12H2,1-4H3,(H,20,21,23). The molecular formula is C19H23N3O3S. The summed E-state index contributed by atoms with van der Waals surface area (Å²) in [6, 6.07) is 9.27. The first-order chi connectivity index (χ1) is 12.4. The van der Waals surface area contributed by atoms with Gasteiger partial charge in [-0.1, -0.05) is 0 Å². The van der Waals surface area contributed by atoms with Gasteiger partial charge >= 0.3 is 6.03 Å². The summed E-state index contributed by atoms with van der Waals surface area (Å²) in [5.74, 6) is 2.05. The van der Waals surface area contributed by atoms with Crippen molar-refractivity contribution < 1.29 is 14.3 Å². The molecule has 0 aliphatic carbocycles. The largest absolute Gasteiger partial charge is 0.497 e. The fraction of sp³-hybridized carbons (Fsp3) is 0.368. The van der Waals surface area contributed by atoms with Gasteiger partial charge in [0.2, 0.25) is 0 Å². The van der Waals surface area contributed by atoms with Crippen LogP contribution in [0.15, 0.2) is 41.4 Å². The Kier molecular flexibility index (Phi) is 5.27. The average Bonchev–Trinajstić information content (AvgIpc) is 2.75. The number of nitrogens with zero attached hydrogens (tertiary/aromatic N) is 2. The third kappa shape index (κ3) is 4.04. The van der Waals surface area contributed by atoms with Crippen LogP contribution in [0.25, 0.3) is 0 Å². The zero-order valence-electron chi connectivity index (χ0n) is 15.4. The minimum absolute atomic E-state index is 0.195. The van der Waals surface area contributed by atoms with Gasteiger partial charge in [-0.2, -0.15) is 0 Å². The molecule has 138 valence electrons. The van der Waals surface area contributed by atoms with E-state index in [0.29, 0.717) is 18.9 Å². The molecule has 0 atom stereocenters. The highest BCUT2D eigenvalue weighted by Gasteiger charge is 2.32. The lowest BCUT2D eigenvalue weighted by atomic mass is 10.1. The summed E-state index contributed by atoms with van der Waals surface area (Å²) in [6.07, 6.45) is 3.63. The number of aromatic nitrogens is 1. The fourth-order valence-corrected chi connectivity index (χ4v) is 3.42. The van der Waals surface area contributed by atoms with E-state index in [0.717, 1.165) is 22.0 Å². The van der Waals surface area contributed by atoms with E-state index >= 15 is 0 Å². The van der Waals surface area contributed by atoms with Crippen LogP contribution in [0.4, 0.5) is 10.6 Å². The quantitative estimate of drug-likeness (QED) is 0.824. The maximum atomic E-state index is 12.9. The third-order valence-corrected chi connectivity index (χ3v) is 4.87. The van der Waals surface area contributed by atoms with Gasteiger partial charge in [0, 0.05) is 22.7 Å². The molecule has 0 bridgehead atoms. The SMILES string of the molecule is COc1ccc2c(c1)OC(C)(C)CN(C(=O)Nc1ncccc1SC)C2. The first-order valence-electron chi connectivity index (χ1n) is 8.33. The number of thioether (sulfide) groups is 1. The van der Waals surface area contributed by atoms with E-state index < -0.39 is 5.60 Å². The number of carbonyl (C=O) groups is 1. The molecule has 3 rings (SSSR count). The van der Waals surface area contributed by atoms with E-state index in [2.05, 4.69) is 10.3 Å². The Labute approximate surface area is 157 Å². The number of fused-ring (bicyclic) bond motifs is 1. The van der Waals surface area contributed by atoms with E-state index in [4.69, 9.17) is 9.47 Å². The molecule has 7 heteroatoms. The van der Waals surface area contributed by atoms with Crippen LogP contribution in [0.1, 0.15) is 19.4 Å². The van der Waals surface area contributed by atoms with E-state index in [1.807, 2.05) is 50.4 Å². The molecule has 1 aromatic carbocycles. The van der Waals surface area contributed by atoms with E-state index in [-0.39, 0.29) is 6.03 Å². The Morgan fingerprint density at radius 1 is 1.38 bits per heavy atom. The molecule has 0 saturated heterocycles. The Morgan fingerprint density at radius 3 is 2.92 bits per heavy atom. The zero-order chi connectivity index (χ0) is 18.7. The van der Waals surface area contributed by atoms with Crippen LogP contribution in [0.5, 0.6) is 11.5 Å². The second-order valence-electron chi connectivity index (χ2n) is 6.68. The number of ether oxygens (including phenoxy) is 2. The predicted molar refractivity (Wildman–Crippen MR) is 103 cm³/mol. The van der Waals surface area contributed by atoms with Crippen molar-refractivity contribution in [1.29, 1.82) is 0 Å². The van der Waals surface area contributed by atoms with Crippen molar-refractivity contribution in [3.63, 3.8) is 0 Å². The fourth-order valence-electron chi connectivity index (χ4n) is 2.91. The Morgan fingerprint density at radius 2 is 2.19 bits per heavy atom. The van der Waals surface area contributed by atoms with E-state index in [1.54, 1.807) is 30.0 Å². The number of urea groups is 1. The summed E-state index contributed by atoms with van der Waals surface area (Å²) in [5, 5.41) is 2.92. The summed E-state index contributed by atoms with van der Waals surface area (Å²) in [5.41, 5.74) is 0.416. The van der Waals surface area contributed by atoms with E-state index in [9.17, 15) is 4.79 Å². The third-order valence-electron chi connectivity index (χ3n) is 4.10. The molecule has 1 aliphatic heterocycles. The van der Waals surface area contributed by atoms with Crippen molar-refractivity contribution >= 4 is 23.6 Å². The molecular weight excluding hydrogens is 350 g/mol. The van der Waals surface area contributed by atoms with Gasteiger partial charge in [0.15, 0.2) is 0 Å². The molecule has 1 N–H and O–H groups in total. The molecule has 2 aromatic rings. The summed E-state index contributed by atoms with van der Waals surface area (Å²) < 4.78 is 11.4. The van der Waals surface area contributed by atoms with Crippen molar-refractivity contribution in [2.45, 2.75) is 30.9 Å². The van der Waals surface area contributed by atoms with Crippen LogP contribution < -0.4 is 14.8 Å². The van der Waals surface area contributed by atoms with Gasteiger partial charge in [0.05, 0.1) is 20.2 Å².